The molecular formula is C12H15BrF2N2O. The van der Waals surface area contributed by atoms with Gasteiger partial charge in [-0.1, -0.05) is 0 Å². The lowest BCUT2D eigenvalue weighted by atomic mass is 10.2. The molecule has 0 bridgehead atoms. The quantitative estimate of drug-likeness (QED) is 0.818. The molecule has 1 rings (SSSR count). The maximum Gasteiger partial charge on any atom is 0.236 e. The number of rotatable bonds is 5. The smallest absolute Gasteiger partial charge is 0.236 e. The highest BCUT2D eigenvalue weighted by Crippen LogP contribution is 2.21. The van der Waals surface area contributed by atoms with Crippen LogP contribution in [0.5, 0.6) is 0 Å². The average molecular weight is 321 g/mol. The van der Waals surface area contributed by atoms with Crippen molar-refractivity contribution >= 4 is 21.8 Å². The molecule has 3 nitrogen and oxygen atoms in total. The summed E-state index contributed by atoms with van der Waals surface area (Å²) in [7, 11) is 0. The standard InChI is InChI=1S/C12H15BrF2N2O/c1-3-16-12(18)7(2)17-6-8-10(14)5-4-9(13)11(8)15/h4-5,7,17H,3,6H2,1-2H3,(H,16,18). The van der Waals surface area contributed by atoms with Crippen LogP contribution in [0, 0.1) is 11.6 Å². The van der Waals surface area contributed by atoms with Crippen LogP contribution in [0.25, 0.3) is 0 Å². The Morgan fingerprint density at radius 1 is 1.44 bits per heavy atom. The van der Waals surface area contributed by atoms with Crippen LogP contribution in [-0.4, -0.2) is 18.5 Å². The predicted octanol–water partition coefficient (Wildman–Crippen LogP) is 2.34. The first-order chi connectivity index (χ1) is 8.47. The number of benzene rings is 1. The minimum atomic E-state index is -0.648. The average Bonchev–Trinajstić information content (AvgIpc) is 2.34. The molecule has 0 aliphatic heterocycles. The number of hydrogen-bond acceptors (Lipinski definition) is 2. The van der Waals surface area contributed by atoms with Gasteiger partial charge in [-0.3, -0.25) is 4.79 Å². The van der Waals surface area contributed by atoms with Crippen molar-refractivity contribution in [3.05, 3.63) is 33.8 Å². The van der Waals surface area contributed by atoms with E-state index in [-0.39, 0.29) is 22.5 Å². The predicted molar refractivity (Wildman–Crippen MR) is 69.0 cm³/mol. The molecule has 100 valence electrons. The molecule has 0 heterocycles. The molecule has 0 aliphatic rings. The third kappa shape index (κ3) is 3.74. The van der Waals surface area contributed by atoms with Gasteiger partial charge in [0.05, 0.1) is 10.5 Å². The van der Waals surface area contributed by atoms with Gasteiger partial charge in [0.15, 0.2) is 0 Å². The Hall–Kier alpha value is -1.01. The lowest BCUT2D eigenvalue weighted by Crippen LogP contribution is -2.41. The molecule has 0 saturated heterocycles. The van der Waals surface area contributed by atoms with Crippen molar-refractivity contribution in [2.75, 3.05) is 6.54 Å². The summed E-state index contributed by atoms with van der Waals surface area (Å²) >= 11 is 2.99. The number of carbonyl (C=O) groups excluding carboxylic acids is 1. The Labute approximate surface area is 113 Å². The highest BCUT2D eigenvalue weighted by atomic mass is 79.9. The molecule has 6 heteroatoms. The minimum Gasteiger partial charge on any atom is -0.355 e. The first-order valence-electron chi connectivity index (χ1n) is 5.60. The second-order valence-electron chi connectivity index (χ2n) is 3.82. The van der Waals surface area contributed by atoms with E-state index in [1.54, 1.807) is 13.8 Å². The molecule has 2 N–H and O–H groups in total. The third-order valence-corrected chi connectivity index (χ3v) is 3.08. The van der Waals surface area contributed by atoms with Crippen LogP contribution in [-0.2, 0) is 11.3 Å². The van der Waals surface area contributed by atoms with Gasteiger partial charge in [-0.05, 0) is 41.9 Å². The van der Waals surface area contributed by atoms with E-state index in [2.05, 4.69) is 26.6 Å². The maximum absolute atomic E-state index is 13.6. The normalized spacial score (nSPS) is 12.3. The number of nitrogens with one attached hydrogen (secondary N) is 2. The second-order valence-corrected chi connectivity index (χ2v) is 4.67. The van der Waals surface area contributed by atoms with Gasteiger partial charge in [0.2, 0.25) is 5.91 Å². The van der Waals surface area contributed by atoms with Gasteiger partial charge < -0.3 is 10.6 Å². The van der Waals surface area contributed by atoms with E-state index in [0.29, 0.717) is 6.54 Å². The van der Waals surface area contributed by atoms with Crippen LogP contribution in [0.3, 0.4) is 0 Å². The van der Waals surface area contributed by atoms with Crippen LogP contribution < -0.4 is 10.6 Å². The van der Waals surface area contributed by atoms with Gasteiger partial charge in [0.1, 0.15) is 11.6 Å². The van der Waals surface area contributed by atoms with Crippen molar-refractivity contribution in [2.45, 2.75) is 26.4 Å². The van der Waals surface area contributed by atoms with E-state index in [1.165, 1.54) is 12.1 Å². The molecular weight excluding hydrogens is 306 g/mol. The van der Waals surface area contributed by atoms with Crippen molar-refractivity contribution in [2.24, 2.45) is 0 Å². The summed E-state index contributed by atoms with van der Waals surface area (Å²) in [6, 6.07) is 1.98. The Bertz CT molecular complexity index is 440. The van der Waals surface area contributed by atoms with Gasteiger partial charge in [0, 0.05) is 18.7 Å². The van der Waals surface area contributed by atoms with Crippen LogP contribution in [0.2, 0.25) is 0 Å². The van der Waals surface area contributed by atoms with Gasteiger partial charge in [-0.25, -0.2) is 8.78 Å². The summed E-state index contributed by atoms with van der Waals surface area (Å²) < 4.78 is 27.3. The fraction of sp³-hybridized carbons (Fsp3) is 0.417. The van der Waals surface area contributed by atoms with E-state index < -0.39 is 17.7 Å². The van der Waals surface area contributed by atoms with Crippen molar-refractivity contribution in [3.8, 4) is 0 Å². The van der Waals surface area contributed by atoms with Crippen LogP contribution in [0.15, 0.2) is 16.6 Å². The Kier molecular flexibility index (Phi) is 5.68. The fourth-order valence-corrected chi connectivity index (χ4v) is 1.78. The molecule has 0 radical (unpaired) electrons. The number of halogens is 3. The molecule has 0 aliphatic carbocycles. The van der Waals surface area contributed by atoms with Crippen LogP contribution in [0.4, 0.5) is 8.78 Å². The summed E-state index contributed by atoms with van der Waals surface area (Å²) in [5.74, 6) is -1.48. The zero-order valence-corrected chi connectivity index (χ0v) is 11.8. The Morgan fingerprint density at radius 2 is 2.11 bits per heavy atom. The number of carbonyl (C=O) groups is 1. The molecule has 1 atom stereocenters. The van der Waals surface area contributed by atoms with Crippen molar-refractivity contribution in [3.63, 3.8) is 0 Å². The Morgan fingerprint density at radius 3 is 2.72 bits per heavy atom. The molecule has 1 aromatic carbocycles. The molecule has 18 heavy (non-hydrogen) atoms. The van der Waals surface area contributed by atoms with E-state index in [1.807, 2.05) is 0 Å². The van der Waals surface area contributed by atoms with E-state index in [4.69, 9.17) is 0 Å². The summed E-state index contributed by atoms with van der Waals surface area (Å²) in [5.41, 5.74) is -0.0828. The van der Waals surface area contributed by atoms with E-state index in [9.17, 15) is 13.6 Å². The number of hydrogen-bond donors (Lipinski definition) is 2. The zero-order valence-electron chi connectivity index (χ0n) is 10.2. The first kappa shape index (κ1) is 15.0. The molecule has 0 saturated carbocycles. The number of amides is 1. The van der Waals surface area contributed by atoms with Crippen molar-refractivity contribution < 1.29 is 13.6 Å². The summed E-state index contributed by atoms with van der Waals surface area (Å²) in [5, 5.41) is 5.40. The van der Waals surface area contributed by atoms with E-state index in [0.717, 1.165) is 0 Å². The summed E-state index contributed by atoms with van der Waals surface area (Å²) in [6.45, 7) is 3.91. The number of likely N-dealkylation sites (N-methyl/N-ethyl adjacent to an activating group) is 1. The van der Waals surface area contributed by atoms with Gasteiger partial charge in [-0.2, -0.15) is 0 Å². The summed E-state index contributed by atoms with van der Waals surface area (Å²) in [4.78, 5) is 11.4. The van der Waals surface area contributed by atoms with E-state index >= 15 is 0 Å². The Balaban J connectivity index is 2.69. The first-order valence-corrected chi connectivity index (χ1v) is 6.40. The van der Waals surface area contributed by atoms with Gasteiger partial charge in [0.25, 0.3) is 0 Å². The summed E-state index contributed by atoms with van der Waals surface area (Å²) in [6.07, 6.45) is 0. The highest BCUT2D eigenvalue weighted by molar-refractivity contribution is 9.10. The zero-order chi connectivity index (χ0) is 13.7. The van der Waals surface area contributed by atoms with Crippen LogP contribution >= 0.6 is 15.9 Å². The topological polar surface area (TPSA) is 41.1 Å². The molecule has 1 amide bonds. The molecule has 0 spiro atoms. The van der Waals surface area contributed by atoms with Gasteiger partial charge >= 0.3 is 0 Å². The molecule has 0 fully saturated rings. The molecule has 0 aromatic heterocycles. The lowest BCUT2D eigenvalue weighted by Gasteiger charge is -2.14. The monoisotopic (exact) mass is 320 g/mol. The van der Waals surface area contributed by atoms with Crippen LogP contribution in [0.1, 0.15) is 19.4 Å². The second kappa shape index (κ2) is 6.80. The third-order valence-electron chi connectivity index (χ3n) is 2.47. The largest absolute Gasteiger partial charge is 0.355 e. The molecule has 1 aromatic rings. The minimum absolute atomic E-state index is 0.0462. The SMILES string of the molecule is CCNC(=O)C(C)NCc1c(F)ccc(Br)c1F. The molecule has 1 unspecified atom stereocenters. The maximum atomic E-state index is 13.6. The fourth-order valence-electron chi connectivity index (χ4n) is 1.41. The van der Waals surface area contributed by atoms with Crippen molar-refractivity contribution in [1.29, 1.82) is 0 Å². The van der Waals surface area contributed by atoms with Gasteiger partial charge in [-0.15, -0.1) is 0 Å². The highest BCUT2D eigenvalue weighted by Gasteiger charge is 2.15. The lowest BCUT2D eigenvalue weighted by molar-refractivity contribution is -0.122. The van der Waals surface area contributed by atoms with Crippen molar-refractivity contribution in [1.82, 2.24) is 10.6 Å².